The van der Waals surface area contributed by atoms with E-state index >= 15 is 0 Å². The molecule has 2 rings (SSSR count). The summed E-state index contributed by atoms with van der Waals surface area (Å²) in [6.07, 6.45) is 3.25. The van der Waals surface area contributed by atoms with Gasteiger partial charge in [0, 0.05) is 16.5 Å². The van der Waals surface area contributed by atoms with Gasteiger partial charge in [-0.25, -0.2) is 0 Å². The molecule has 0 N–H and O–H groups in total. The zero-order valence-electron chi connectivity index (χ0n) is 9.91. The molecule has 0 saturated carbocycles. The summed E-state index contributed by atoms with van der Waals surface area (Å²) < 4.78 is 0. The Kier molecular flexibility index (Phi) is 4.09. The van der Waals surface area contributed by atoms with Crippen LogP contribution in [-0.4, -0.2) is 11.5 Å². The molecule has 0 saturated heterocycles. The predicted octanol–water partition coefficient (Wildman–Crippen LogP) is 4.16. The van der Waals surface area contributed by atoms with Crippen molar-refractivity contribution in [2.24, 2.45) is 5.92 Å². The van der Waals surface area contributed by atoms with E-state index in [0.717, 1.165) is 29.9 Å². The molecule has 1 aromatic rings. The van der Waals surface area contributed by atoms with Gasteiger partial charge in [0.2, 0.25) is 0 Å². The quantitative estimate of drug-likeness (QED) is 0.751. The summed E-state index contributed by atoms with van der Waals surface area (Å²) in [4.78, 5) is 14.6. The maximum atomic E-state index is 12.2. The number of ketones is 1. The largest absolute Gasteiger partial charge is 0.293 e. The second-order valence-electron chi connectivity index (χ2n) is 4.42. The molecule has 0 fully saturated rings. The smallest absolute Gasteiger partial charge is 0.175 e. The Balaban J connectivity index is 2.14. The van der Waals surface area contributed by atoms with Gasteiger partial charge in [0.25, 0.3) is 0 Å². The minimum Gasteiger partial charge on any atom is -0.293 e. The molecule has 1 atom stereocenters. The molecule has 3 heteroatoms. The van der Waals surface area contributed by atoms with Gasteiger partial charge in [-0.2, -0.15) is 11.8 Å². The molecule has 0 aliphatic carbocycles. The van der Waals surface area contributed by atoms with Crippen molar-refractivity contribution in [1.82, 2.24) is 0 Å². The van der Waals surface area contributed by atoms with Crippen LogP contribution in [0.15, 0.2) is 6.07 Å². The van der Waals surface area contributed by atoms with Gasteiger partial charge < -0.3 is 0 Å². The summed E-state index contributed by atoms with van der Waals surface area (Å²) in [7, 11) is 0. The molecule has 1 aliphatic heterocycles. The van der Waals surface area contributed by atoms with E-state index in [2.05, 4.69) is 19.9 Å². The van der Waals surface area contributed by atoms with Crippen LogP contribution in [0.1, 0.15) is 46.8 Å². The topological polar surface area (TPSA) is 17.1 Å². The van der Waals surface area contributed by atoms with E-state index < -0.39 is 0 Å². The maximum absolute atomic E-state index is 12.2. The van der Waals surface area contributed by atoms with Crippen molar-refractivity contribution >= 4 is 28.9 Å². The number of thiophene rings is 1. The van der Waals surface area contributed by atoms with Crippen LogP contribution in [0.25, 0.3) is 0 Å². The third-order valence-electron chi connectivity index (χ3n) is 3.04. The highest BCUT2D eigenvalue weighted by molar-refractivity contribution is 7.98. The molecule has 1 aliphatic rings. The van der Waals surface area contributed by atoms with Crippen molar-refractivity contribution < 1.29 is 4.79 Å². The Morgan fingerprint density at radius 1 is 1.56 bits per heavy atom. The van der Waals surface area contributed by atoms with E-state index in [1.165, 1.54) is 16.2 Å². The Morgan fingerprint density at radius 3 is 3.06 bits per heavy atom. The van der Waals surface area contributed by atoms with Gasteiger partial charge in [0.05, 0.1) is 4.88 Å². The zero-order chi connectivity index (χ0) is 11.5. The van der Waals surface area contributed by atoms with Gasteiger partial charge in [0.1, 0.15) is 0 Å². The van der Waals surface area contributed by atoms with Crippen LogP contribution in [0.5, 0.6) is 0 Å². The minimum atomic E-state index is 0.192. The summed E-state index contributed by atoms with van der Waals surface area (Å²) in [6, 6.07) is 2.14. The molecule has 1 aromatic heterocycles. The Morgan fingerprint density at radius 2 is 2.38 bits per heavy atom. The lowest BCUT2D eigenvalue weighted by atomic mass is 9.99. The molecule has 0 spiro atoms. The summed E-state index contributed by atoms with van der Waals surface area (Å²) >= 11 is 3.71. The third kappa shape index (κ3) is 2.51. The van der Waals surface area contributed by atoms with E-state index in [4.69, 9.17) is 0 Å². The van der Waals surface area contributed by atoms with Crippen LogP contribution in [0.2, 0.25) is 0 Å². The molecule has 0 amide bonds. The molecular weight excluding hydrogens is 236 g/mol. The van der Waals surface area contributed by atoms with E-state index in [9.17, 15) is 4.79 Å². The number of rotatable bonds is 4. The van der Waals surface area contributed by atoms with Crippen molar-refractivity contribution in [3.05, 3.63) is 21.4 Å². The first-order valence-electron chi connectivity index (χ1n) is 5.96. The van der Waals surface area contributed by atoms with Crippen molar-refractivity contribution in [3.63, 3.8) is 0 Å². The van der Waals surface area contributed by atoms with E-state index in [1.807, 2.05) is 11.8 Å². The molecule has 88 valence electrons. The van der Waals surface area contributed by atoms with E-state index in [-0.39, 0.29) is 5.92 Å². The number of aryl methyl sites for hydroxylation is 1. The van der Waals surface area contributed by atoms with Crippen LogP contribution >= 0.6 is 23.1 Å². The average Bonchev–Trinajstić information content (AvgIpc) is 2.71. The van der Waals surface area contributed by atoms with Crippen LogP contribution < -0.4 is 0 Å². The molecule has 1 nitrogen and oxygen atoms in total. The third-order valence-corrected chi connectivity index (χ3v) is 5.30. The average molecular weight is 254 g/mol. The molecule has 0 bridgehead atoms. The van der Waals surface area contributed by atoms with E-state index in [1.54, 1.807) is 11.3 Å². The highest BCUT2D eigenvalue weighted by atomic mass is 32.2. The lowest BCUT2D eigenvalue weighted by molar-refractivity contribution is 0.0927. The first-order chi connectivity index (χ1) is 7.72. The first-order valence-corrected chi connectivity index (χ1v) is 7.93. The highest BCUT2D eigenvalue weighted by Gasteiger charge is 2.20. The van der Waals surface area contributed by atoms with Gasteiger partial charge in [0.15, 0.2) is 5.78 Å². The number of carbonyl (C=O) groups is 1. The van der Waals surface area contributed by atoms with Gasteiger partial charge >= 0.3 is 0 Å². The fourth-order valence-corrected chi connectivity index (χ4v) is 4.50. The summed E-state index contributed by atoms with van der Waals surface area (Å²) in [6.45, 7) is 4.19. The van der Waals surface area contributed by atoms with Crippen LogP contribution in [0.4, 0.5) is 0 Å². The Hall–Kier alpha value is -0.280. The standard InChI is InChI=1S/C13H18OS2/c1-3-4-9(2)13(14)12-7-10-8-15-6-5-11(10)16-12/h7,9H,3-6,8H2,1-2H3. The number of carbonyl (C=O) groups excluding carboxylic acids is 1. The van der Waals surface area contributed by atoms with Crippen molar-refractivity contribution in [1.29, 1.82) is 0 Å². The van der Waals surface area contributed by atoms with E-state index in [0.29, 0.717) is 5.78 Å². The van der Waals surface area contributed by atoms with Crippen LogP contribution in [0.3, 0.4) is 0 Å². The number of Topliss-reactive ketones (excluding diaryl/α,β-unsaturated/α-hetero) is 1. The lowest BCUT2D eigenvalue weighted by Crippen LogP contribution is -2.09. The lowest BCUT2D eigenvalue weighted by Gasteiger charge is -2.08. The normalized spacial score (nSPS) is 16.9. The van der Waals surface area contributed by atoms with Crippen LogP contribution in [0, 0.1) is 5.92 Å². The summed E-state index contributed by atoms with van der Waals surface area (Å²) in [5.41, 5.74) is 1.41. The van der Waals surface area contributed by atoms with Crippen molar-refractivity contribution in [3.8, 4) is 0 Å². The molecule has 1 unspecified atom stereocenters. The molecule has 0 radical (unpaired) electrons. The number of hydrogen-bond donors (Lipinski definition) is 0. The molecule has 0 aromatic carbocycles. The zero-order valence-corrected chi connectivity index (χ0v) is 11.5. The SMILES string of the molecule is CCCC(C)C(=O)c1cc2c(s1)CCSC2. The van der Waals surface area contributed by atoms with Crippen molar-refractivity contribution in [2.45, 2.75) is 38.9 Å². The fraction of sp³-hybridized carbons (Fsp3) is 0.615. The predicted molar refractivity (Wildman–Crippen MR) is 72.6 cm³/mol. The van der Waals surface area contributed by atoms with Gasteiger partial charge in [-0.15, -0.1) is 11.3 Å². The second-order valence-corrected chi connectivity index (χ2v) is 6.66. The van der Waals surface area contributed by atoms with Gasteiger partial charge in [-0.1, -0.05) is 20.3 Å². The number of fused-ring (bicyclic) bond motifs is 1. The number of hydrogen-bond acceptors (Lipinski definition) is 3. The monoisotopic (exact) mass is 254 g/mol. The molecule has 2 heterocycles. The van der Waals surface area contributed by atoms with Crippen molar-refractivity contribution in [2.75, 3.05) is 5.75 Å². The fourth-order valence-electron chi connectivity index (χ4n) is 2.08. The highest BCUT2D eigenvalue weighted by Crippen LogP contribution is 2.33. The Labute approximate surface area is 106 Å². The molecule has 16 heavy (non-hydrogen) atoms. The van der Waals surface area contributed by atoms with Gasteiger partial charge in [-0.3, -0.25) is 4.79 Å². The number of thioether (sulfide) groups is 1. The Bertz CT molecular complexity index is 358. The summed E-state index contributed by atoms with van der Waals surface area (Å²) in [5, 5.41) is 0. The maximum Gasteiger partial charge on any atom is 0.175 e. The van der Waals surface area contributed by atoms with Crippen LogP contribution in [-0.2, 0) is 12.2 Å². The minimum absolute atomic E-state index is 0.192. The van der Waals surface area contributed by atoms with Gasteiger partial charge in [-0.05, 0) is 30.2 Å². The first kappa shape index (κ1) is 12.2. The molecular formula is C13H18OS2. The second kappa shape index (κ2) is 5.37. The summed E-state index contributed by atoms with van der Waals surface area (Å²) in [5.74, 6) is 2.86.